The van der Waals surface area contributed by atoms with E-state index in [2.05, 4.69) is 21.8 Å². The summed E-state index contributed by atoms with van der Waals surface area (Å²) < 4.78 is 12.6. The van der Waals surface area contributed by atoms with Crippen molar-refractivity contribution in [2.45, 2.75) is 20.0 Å². The Morgan fingerprint density at radius 3 is 2.65 bits per heavy atom. The van der Waals surface area contributed by atoms with Gasteiger partial charge in [0.25, 0.3) is 0 Å². The molecule has 2 rings (SSSR count). The Morgan fingerprint density at radius 2 is 2.00 bits per heavy atom. The van der Waals surface area contributed by atoms with Crippen molar-refractivity contribution in [3.63, 3.8) is 0 Å². The number of rotatable bonds is 6. The highest BCUT2D eigenvalue weighted by Crippen LogP contribution is 2.35. The van der Waals surface area contributed by atoms with Gasteiger partial charge in [-0.1, -0.05) is 11.6 Å². The van der Waals surface area contributed by atoms with Gasteiger partial charge in [0.1, 0.15) is 17.3 Å². The Balaban J connectivity index is 2.18. The molecule has 1 N–H and O–H groups in total. The van der Waals surface area contributed by atoms with Crippen LogP contribution >= 0.6 is 11.6 Å². The van der Waals surface area contributed by atoms with Gasteiger partial charge in [0, 0.05) is 25.0 Å². The molecule has 0 fully saturated rings. The molecule has 20 heavy (non-hydrogen) atoms. The molecule has 0 bridgehead atoms. The molecule has 0 aliphatic heterocycles. The number of aromatic nitrogens is 2. The number of anilines is 1. The SMILES string of the molecule is CCn1ccnc1CNc1cc(Cl)c(OC)cc1OC. The molecule has 0 aliphatic carbocycles. The standard InChI is InChI=1S/C14H18ClN3O2/c1-4-18-6-5-16-14(18)9-17-11-7-10(15)12(19-2)8-13(11)20-3/h5-8,17H,4,9H2,1-3H3. The summed E-state index contributed by atoms with van der Waals surface area (Å²) in [5, 5.41) is 3.82. The lowest BCUT2D eigenvalue weighted by Gasteiger charge is -2.14. The van der Waals surface area contributed by atoms with Crippen LogP contribution in [0.25, 0.3) is 0 Å². The highest BCUT2D eigenvalue weighted by atomic mass is 35.5. The van der Waals surface area contributed by atoms with E-state index in [1.165, 1.54) is 0 Å². The molecule has 108 valence electrons. The quantitative estimate of drug-likeness (QED) is 0.889. The smallest absolute Gasteiger partial charge is 0.145 e. The van der Waals surface area contributed by atoms with E-state index in [4.69, 9.17) is 21.1 Å². The summed E-state index contributed by atoms with van der Waals surface area (Å²) in [6.07, 6.45) is 3.74. The van der Waals surface area contributed by atoms with Crippen LogP contribution in [-0.4, -0.2) is 23.8 Å². The number of imidazole rings is 1. The van der Waals surface area contributed by atoms with Gasteiger partial charge in [-0.3, -0.25) is 0 Å². The Labute approximate surface area is 123 Å². The van der Waals surface area contributed by atoms with Gasteiger partial charge in [-0.2, -0.15) is 0 Å². The molecule has 1 aromatic carbocycles. The number of methoxy groups -OCH3 is 2. The molecule has 0 saturated carbocycles. The molecule has 0 atom stereocenters. The second-order valence-electron chi connectivity index (χ2n) is 4.17. The van der Waals surface area contributed by atoms with Crippen molar-refractivity contribution in [2.75, 3.05) is 19.5 Å². The zero-order valence-corrected chi connectivity index (χ0v) is 12.6. The van der Waals surface area contributed by atoms with Gasteiger partial charge in [0.2, 0.25) is 0 Å². The summed E-state index contributed by atoms with van der Waals surface area (Å²) in [6.45, 7) is 3.56. The van der Waals surface area contributed by atoms with Gasteiger partial charge in [-0.05, 0) is 13.0 Å². The minimum atomic E-state index is 0.537. The molecule has 1 heterocycles. The highest BCUT2D eigenvalue weighted by Gasteiger charge is 2.10. The molecule has 5 nitrogen and oxygen atoms in total. The predicted molar refractivity (Wildman–Crippen MR) is 79.8 cm³/mol. The van der Waals surface area contributed by atoms with Crippen molar-refractivity contribution in [1.82, 2.24) is 9.55 Å². The van der Waals surface area contributed by atoms with Crippen LogP contribution in [0.2, 0.25) is 5.02 Å². The second kappa shape index (κ2) is 6.52. The van der Waals surface area contributed by atoms with Crippen molar-refractivity contribution in [2.24, 2.45) is 0 Å². The van der Waals surface area contributed by atoms with Gasteiger partial charge < -0.3 is 19.4 Å². The molecule has 0 saturated heterocycles. The normalized spacial score (nSPS) is 10.4. The summed E-state index contributed by atoms with van der Waals surface area (Å²) in [4.78, 5) is 4.32. The van der Waals surface area contributed by atoms with Crippen molar-refractivity contribution in [3.05, 3.63) is 35.4 Å². The van der Waals surface area contributed by atoms with Crippen LogP contribution in [0.15, 0.2) is 24.5 Å². The van der Waals surface area contributed by atoms with Crippen molar-refractivity contribution < 1.29 is 9.47 Å². The third kappa shape index (κ3) is 2.99. The largest absolute Gasteiger partial charge is 0.495 e. The molecule has 6 heteroatoms. The fourth-order valence-corrected chi connectivity index (χ4v) is 2.21. The summed E-state index contributed by atoms with van der Waals surface area (Å²) in [7, 11) is 3.19. The maximum absolute atomic E-state index is 6.14. The van der Waals surface area contributed by atoms with E-state index in [0.717, 1.165) is 18.1 Å². The molecule has 0 spiro atoms. The van der Waals surface area contributed by atoms with Gasteiger partial charge in [0.15, 0.2) is 0 Å². The average Bonchev–Trinajstić information content (AvgIpc) is 2.92. The number of nitrogens with one attached hydrogen (secondary N) is 1. The van der Waals surface area contributed by atoms with Crippen LogP contribution in [0.3, 0.4) is 0 Å². The number of hydrogen-bond acceptors (Lipinski definition) is 4. The third-order valence-corrected chi connectivity index (χ3v) is 3.35. The predicted octanol–water partition coefficient (Wildman–Crippen LogP) is 3.19. The van der Waals surface area contributed by atoms with Gasteiger partial charge >= 0.3 is 0 Å². The van der Waals surface area contributed by atoms with E-state index < -0.39 is 0 Å². The fourth-order valence-electron chi connectivity index (χ4n) is 1.97. The first-order valence-corrected chi connectivity index (χ1v) is 6.72. The van der Waals surface area contributed by atoms with Crippen molar-refractivity contribution in [1.29, 1.82) is 0 Å². The van der Waals surface area contributed by atoms with Crippen LogP contribution in [-0.2, 0) is 13.1 Å². The maximum atomic E-state index is 6.14. The topological polar surface area (TPSA) is 48.3 Å². The lowest BCUT2D eigenvalue weighted by atomic mass is 10.2. The van der Waals surface area contributed by atoms with Gasteiger partial charge in [0.05, 0.1) is 31.5 Å². The minimum Gasteiger partial charge on any atom is -0.495 e. The molecule has 0 amide bonds. The Hall–Kier alpha value is -1.88. The van der Waals surface area contributed by atoms with Crippen LogP contribution in [0, 0.1) is 0 Å². The van der Waals surface area contributed by atoms with E-state index in [1.807, 2.05) is 6.20 Å². The number of hydrogen-bond donors (Lipinski definition) is 1. The first kappa shape index (κ1) is 14.5. The Kier molecular flexibility index (Phi) is 4.74. The fraction of sp³-hybridized carbons (Fsp3) is 0.357. The molecule has 0 unspecified atom stereocenters. The zero-order chi connectivity index (χ0) is 14.5. The first-order valence-electron chi connectivity index (χ1n) is 6.35. The lowest BCUT2D eigenvalue weighted by Crippen LogP contribution is -2.08. The summed E-state index contributed by atoms with van der Waals surface area (Å²) in [5.74, 6) is 2.23. The molecule has 2 aromatic rings. The second-order valence-corrected chi connectivity index (χ2v) is 4.58. The van der Waals surface area contributed by atoms with E-state index in [1.54, 1.807) is 32.5 Å². The summed E-state index contributed by atoms with van der Waals surface area (Å²) in [6, 6.07) is 3.55. The number of aryl methyl sites for hydroxylation is 1. The number of nitrogens with zero attached hydrogens (tertiary/aromatic N) is 2. The van der Waals surface area contributed by atoms with Gasteiger partial charge in [-0.15, -0.1) is 0 Å². The van der Waals surface area contributed by atoms with E-state index >= 15 is 0 Å². The average molecular weight is 296 g/mol. The molecule has 0 radical (unpaired) electrons. The van der Waals surface area contributed by atoms with E-state index in [-0.39, 0.29) is 0 Å². The minimum absolute atomic E-state index is 0.537. The van der Waals surface area contributed by atoms with Crippen LogP contribution in [0.5, 0.6) is 11.5 Å². The molecular formula is C14H18ClN3O2. The van der Waals surface area contributed by atoms with Crippen molar-refractivity contribution >= 4 is 17.3 Å². The van der Waals surface area contributed by atoms with E-state index in [0.29, 0.717) is 23.1 Å². The lowest BCUT2D eigenvalue weighted by molar-refractivity contribution is 0.395. The number of benzene rings is 1. The molecule has 0 aliphatic rings. The Bertz CT molecular complexity index is 584. The van der Waals surface area contributed by atoms with Crippen LogP contribution in [0.1, 0.15) is 12.7 Å². The molecular weight excluding hydrogens is 278 g/mol. The van der Waals surface area contributed by atoms with E-state index in [9.17, 15) is 0 Å². The first-order chi connectivity index (χ1) is 9.69. The molecule has 1 aromatic heterocycles. The van der Waals surface area contributed by atoms with Crippen molar-refractivity contribution in [3.8, 4) is 11.5 Å². The highest BCUT2D eigenvalue weighted by molar-refractivity contribution is 6.32. The third-order valence-electron chi connectivity index (χ3n) is 3.05. The van der Waals surface area contributed by atoms with Crippen LogP contribution in [0.4, 0.5) is 5.69 Å². The Morgan fingerprint density at radius 1 is 1.25 bits per heavy atom. The number of ether oxygens (including phenoxy) is 2. The van der Waals surface area contributed by atoms with Gasteiger partial charge in [-0.25, -0.2) is 4.98 Å². The maximum Gasteiger partial charge on any atom is 0.145 e. The zero-order valence-electron chi connectivity index (χ0n) is 11.8. The monoisotopic (exact) mass is 295 g/mol. The van der Waals surface area contributed by atoms with Crippen LogP contribution < -0.4 is 14.8 Å². The summed E-state index contributed by atoms with van der Waals surface area (Å²) >= 11 is 6.14. The summed E-state index contributed by atoms with van der Waals surface area (Å²) in [5.41, 5.74) is 0.809. The number of halogens is 1.